The van der Waals surface area contributed by atoms with Crippen LogP contribution in [0.3, 0.4) is 0 Å². The van der Waals surface area contributed by atoms with Crippen molar-refractivity contribution in [3.05, 3.63) is 0 Å². The summed E-state index contributed by atoms with van der Waals surface area (Å²) in [6.07, 6.45) is 0.0556. The van der Waals surface area contributed by atoms with Crippen LogP contribution in [0.25, 0.3) is 0 Å². The average molecular weight is 138 g/mol. The number of aliphatic carboxylic acids is 1. The van der Waals surface area contributed by atoms with Crippen LogP contribution in [-0.2, 0) is 4.79 Å². The zero-order valence-electron chi connectivity index (χ0n) is 6.22. The Morgan fingerprint density at radius 1 is 1.50 bits per heavy atom. The summed E-state index contributed by atoms with van der Waals surface area (Å²) in [6, 6.07) is 0. The number of hydrogen-bond acceptors (Lipinski definition) is 4. The van der Waals surface area contributed by atoms with Crippen molar-refractivity contribution < 1.29 is 28.8 Å². The molecule has 4 nitrogen and oxygen atoms in total. The van der Waals surface area contributed by atoms with Crippen LogP contribution >= 0.6 is 0 Å². The minimum Gasteiger partial charge on any atom is -0.550 e. The van der Waals surface area contributed by atoms with Gasteiger partial charge in [0.2, 0.25) is 0 Å². The van der Waals surface area contributed by atoms with E-state index in [0.717, 1.165) is 0 Å². The van der Waals surface area contributed by atoms with Crippen molar-refractivity contribution in [1.82, 2.24) is 5.32 Å². The fourth-order valence-electron chi connectivity index (χ4n) is 0.418. The molecule has 0 fully saturated rings. The van der Waals surface area contributed by atoms with E-state index in [1.807, 2.05) is 0 Å². The third kappa shape index (κ3) is 10.9. The molecule has 0 bridgehead atoms. The van der Waals surface area contributed by atoms with Crippen LogP contribution in [0, 0.1) is 0 Å². The SMILES string of the molecule is NCCNCCC(=O)[O-].[Li+]. The van der Waals surface area contributed by atoms with E-state index in [4.69, 9.17) is 5.73 Å². The standard InChI is InChI=1S/C5H12N2O2.Li/c6-2-4-7-3-1-5(8)9;/h7H,1-4,6H2,(H,8,9);/q;+1/p-1. The molecule has 54 valence electrons. The summed E-state index contributed by atoms with van der Waals surface area (Å²) in [6.45, 7) is 1.64. The summed E-state index contributed by atoms with van der Waals surface area (Å²) in [5.74, 6) is -1.03. The van der Waals surface area contributed by atoms with Crippen LogP contribution < -0.4 is 35.0 Å². The third-order valence-corrected chi connectivity index (χ3v) is 0.827. The summed E-state index contributed by atoms with van der Waals surface area (Å²) in [5.41, 5.74) is 5.12. The van der Waals surface area contributed by atoms with Crippen molar-refractivity contribution in [3.63, 3.8) is 0 Å². The van der Waals surface area contributed by atoms with E-state index in [0.29, 0.717) is 19.6 Å². The van der Waals surface area contributed by atoms with E-state index in [1.54, 1.807) is 0 Å². The van der Waals surface area contributed by atoms with Gasteiger partial charge in [0.05, 0.1) is 0 Å². The Balaban J connectivity index is 0. The molecule has 0 aliphatic heterocycles. The van der Waals surface area contributed by atoms with E-state index < -0.39 is 5.97 Å². The van der Waals surface area contributed by atoms with Gasteiger partial charge in [-0.3, -0.25) is 0 Å². The van der Waals surface area contributed by atoms with Crippen molar-refractivity contribution in [2.24, 2.45) is 5.73 Å². The second-order valence-electron chi connectivity index (χ2n) is 1.66. The molecular weight excluding hydrogens is 127 g/mol. The normalized spacial score (nSPS) is 8.50. The topological polar surface area (TPSA) is 78.2 Å². The molecule has 0 heterocycles. The summed E-state index contributed by atoms with van der Waals surface area (Å²) in [7, 11) is 0. The maximum Gasteiger partial charge on any atom is 1.00 e. The zero-order chi connectivity index (χ0) is 7.11. The van der Waals surface area contributed by atoms with Crippen LogP contribution in [0.5, 0.6) is 0 Å². The number of carboxylic acids is 1. The van der Waals surface area contributed by atoms with Crippen LogP contribution in [0.1, 0.15) is 6.42 Å². The van der Waals surface area contributed by atoms with Gasteiger partial charge >= 0.3 is 18.9 Å². The molecule has 0 amide bonds. The Morgan fingerprint density at radius 2 is 2.10 bits per heavy atom. The number of nitrogens with one attached hydrogen (secondary N) is 1. The third-order valence-electron chi connectivity index (χ3n) is 0.827. The first-order valence-electron chi connectivity index (χ1n) is 2.88. The van der Waals surface area contributed by atoms with Gasteiger partial charge in [0, 0.05) is 25.6 Å². The Kier molecular flexibility index (Phi) is 11.4. The summed E-state index contributed by atoms with van der Waals surface area (Å²) >= 11 is 0. The predicted molar refractivity (Wildman–Crippen MR) is 31.5 cm³/mol. The second-order valence-corrected chi connectivity index (χ2v) is 1.66. The molecule has 5 heteroatoms. The number of carboxylic acid groups (broad SMARTS) is 1. The molecule has 0 radical (unpaired) electrons. The molecule has 0 unspecified atom stereocenters. The molecule has 0 rings (SSSR count). The average Bonchev–Trinajstić information content (AvgIpc) is 1.80. The monoisotopic (exact) mass is 138 g/mol. The summed E-state index contributed by atoms with van der Waals surface area (Å²) < 4.78 is 0. The number of hydrogen-bond donors (Lipinski definition) is 2. The number of carbonyl (C=O) groups is 1. The van der Waals surface area contributed by atoms with Crippen molar-refractivity contribution in [2.45, 2.75) is 6.42 Å². The summed E-state index contributed by atoms with van der Waals surface area (Å²) in [5, 5.41) is 12.6. The molecule has 0 aromatic rings. The van der Waals surface area contributed by atoms with E-state index in [-0.39, 0.29) is 25.3 Å². The Labute approximate surface area is 72.3 Å². The minimum atomic E-state index is -1.03. The van der Waals surface area contributed by atoms with Crippen molar-refractivity contribution in [3.8, 4) is 0 Å². The van der Waals surface area contributed by atoms with Gasteiger partial charge in [-0.2, -0.15) is 0 Å². The van der Waals surface area contributed by atoms with Gasteiger partial charge in [-0.15, -0.1) is 0 Å². The Bertz CT molecular complexity index is 89.7. The first-order valence-corrected chi connectivity index (χ1v) is 2.88. The number of rotatable bonds is 5. The van der Waals surface area contributed by atoms with E-state index >= 15 is 0 Å². The fourth-order valence-corrected chi connectivity index (χ4v) is 0.418. The van der Waals surface area contributed by atoms with Gasteiger partial charge in [0.15, 0.2) is 0 Å². The van der Waals surface area contributed by atoms with Crippen LogP contribution in [0.4, 0.5) is 0 Å². The van der Waals surface area contributed by atoms with Gasteiger partial charge < -0.3 is 21.0 Å². The van der Waals surface area contributed by atoms with Gasteiger partial charge in [-0.05, 0) is 6.42 Å². The van der Waals surface area contributed by atoms with E-state index in [2.05, 4.69) is 5.32 Å². The van der Waals surface area contributed by atoms with Crippen molar-refractivity contribution in [2.75, 3.05) is 19.6 Å². The predicted octanol–water partition coefficient (Wildman–Crippen LogP) is -5.32. The molecule has 0 aromatic carbocycles. The van der Waals surface area contributed by atoms with Crippen LogP contribution in [0.15, 0.2) is 0 Å². The maximum atomic E-state index is 9.78. The molecule has 0 aliphatic rings. The van der Waals surface area contributed by atoms with Crippen molar-refractivity contribution in [1.29, 1.82) is 0 Å². The smallest absolute Gasteiger partial charge is 0.550 e. The zero-order valence-corrected chi connectivity index (χ0v) is 6.22. The van der Waals surface area contributed by atoms with Crippen LogP contribution in [-0.4, -0.2) is 25.6 Å². The van der Waals surface area contributed by atoms with E-state index in [1.165, 1.54) is 0 Å². The fraction of sp³-hybridized carbons (Fsp3) is 0.800. The number of carbonyl (C=O) groups excluding carboxylic acids is 1. The summed E-state index contributed by atoms with van der Waals surface area (Å²) in [4.78, 5) is 9.78. The maximum absolute atomic E-state index is 9.78. The molecule has 3 N–H and O–H groups in total. The largest absolute Gasteiger partial charge is 1.00 e. The van der Waals surface area contributed by atoms with Gasteiger partial charge in [-0.25, -0.2) is 0 Å². The van der Waals surface area contributed by atoms with Gasteiger partial charge in [0.25, 0.3) is 0 Å². The first-order chi connectivity index (χ1) is 4.27. The van der Waals surface area contributed by atoms with Crippen LogP contribution in [0.2, 0.25) is 0 Å². The molecule has 0 saturated heterocycles. The molecule has 0 atom stereocenters. The molecule has 0 aromatic heterocycles. The molecule has 10 heavy (non-hydrogen) atoms. The Hall–Kier alpha value is -0.0126. The first kappa shape index (κ1) is 12.6. The van der Waals surface area contributed by atoms with Crippen molar-refractivity contribution >= 4 is 5.97 Å². The molecule has 0 aliphatic carbocycles. The minimum absolute atomic E-state index is 0. The molecule has 0 spiro atoms. The van der Waals surface area contributed by atoms with E-state index in [9.17, 15) is 9.90 Å². The quantitative estimate of drug-likeness (QED) is 0.294. The molecule has 0 saturated carbocycles. The Morgan fingerprint density at radius 3 is 2.50 bits per heavy atom. The van der Waals surface area contributed by atoms with Gasteiger partial charge in [-0.1, -0.05) is 0 Å². The molecular formula is C5H11LiN2O2. The van der Waals surface area contributed by atoms with Gasteiger partial charge in [0.1, 0.15) is 0 Å². The second kappa shape index (κ2) is 8.99. The number of nitrogens with two attached hydrogens (primary N) is 1.